The molecule has 4 nitrogen and oxygen atoms in total. The van der Waals surface area contributed by atoms with Crippen molar-refractivity contribution in [3.8, 4) is 0 Å². The second kappa shape index (κ2) is 6.41. The zero-order valence-corrected chi connectivity index (χ0v) is 12.0. The third-order valence-electron chi connectivity index (χ3n) is 3.58. The van der Waals surface area contributed by atoms with Gasteiger partial charge in [-0.1, -0.05) is 36.4 Å². The van der Waals surface area contributed by atoms with Crippen LogP contribution in [0, 0.1) is 0 Å². The van der Waals surface area contributed by atoms with Crippen molar-refractivity contribution in [2.75, 3.05) is 18.0 Å². The third kappa shape index (κ3) is 3.06. The SMILES string of the molecule is NCCCN(Cc1ccccc1)c1cccc2nccn12. The van der Waals surface area contributed by atoms with Crippen molar-refractivity contribution in [3.63, 3.8) is 0 Å². The maximum Gasteiger partial charge on any atom is 0.138 e. The molecule has 21 heavy (non-hydrogen) atoms. The van der Waals surface area contributed by atoms with Crippen LogP contribution in [0.1, 0.15) is 12.0 Å². The van der Waals surface area contributed by atoms with Crippen LogP contribution in [0.2, 0.25) is 0 Å². The van der Waals surface area contributed by atoms with Gasteiger partial charge in [-0.25, -0.2) is 4.98 Å². The highest BCUT2D eigenvalue weighted by Gasteiger charge is 2.10. The summed E-state index contributed by atoms with van der Waals surface area (Å²) in [6.07, 6.45) is 4.81. The number of fused-ring (bicyclic) bond motifs is 1. The van der Waals surface area contributed by atoms with Crippen LogP contribution in [0.25, 0.3) is 5.65 Å². The molecule has 3 rings (SSSR count). The number of imidazole rings is 1. The van der Waals surface area contributed by atoms with E-state index < -0.39 is 0 Å². The standard InChI is InChI=1S/C17H20N4/c18-10-5-12-20(14-15-6-2-1-3-7-15)17-9-4-8-16-19-11-13-21(16)17/h1-4,6-9,11,13H,5,10,12,14,18H2. The number of benzene rings is 1. The van der Waals surface area contributed by atoms with E-state index in [2.05, 4.69) is 50.7 Å². The zero-order valence-electron chi connectivity index (χ0n) is 12.0. The van der Waals surface area contributed by atoms with Crippen LogP contribution in [0.15, 0.2) is 60.9 Å². The highest BCUT2D eigenvalue weighted by molar-refractivity contribution is 5.51. The lowest BCUT2D eigenvalue weighted by Crippen LogP contribution is -2.27. The molecule has 0 unspecified atom stereocenters. The average Bonchev–Trinajstić information content (AvgIpc) is 3.01. The van der Waals surface area contributed by atoms with Crippen molar-refractivity contribution < 1.29 is 0 Å². The van der Waals surface area contributed by atoms with Gasteiger partial charge < -0.3 is 10.6 Å². The molecule has 0 amide bonds. The van der Waals surface area contributed by atoms with Crippen LogP contribution in [-0.4, -0.2) is 22.5 Å². The van der Waals surface area contributed by atoms with E-state index in [1.54, 1.807) is 0 Å². The minimum Gasteiger partial charge on any atom is -0.353 e. The van der Waals surface area contributed by atoms with Crippen molar-refractivity contribution in [1.82, 2.24) is 9.38 Å². The van der Waals surface area contributed by atoms with Crippen molar-refractivity contribution >= 4 is 11.5 Å². The zero-order chi connectivity index (χ0) is 14.5. The molecule has 0 atom stereocenters. The van der Waals surface area contributed by atoms with Gasteiger partial charge in [0, 0.05) is 25.5 Å². The Balaban J connectivity index is 1.93. The quantitative estimate of drug-likeness (QED) is 0.755. The van der Waals surface area contributed by atoms with Gasteiger partial charge >= 0.3 is 0 Å². The molecule has 108 valence electrons. The van der Waals surface area contributed by atoms with Crippen LogP contribution in [0.4, 0.5) is 5.82 Å². The van der Waals surface area contributed by atoms with Crippen molar-refractivity contribution in [3.05, 3.63) is 66.5 Å². The van der Waals surface area contributed by atoms with E-state index in [-0.39, 0.29) is 0 Å². The minimum absolute atomic E-state index is 0.700. The molecular formula is C17H20N4. The molecule has 0 aliphatic carbocycles. The smallest absolute Gasteiger partial charge is 0.138 e. The summed E-state index contributed by atoms with van der Waals surface area (Å²) in [5.41, 5.74) is 7.96. The van der Waals surface area contributed by atoms with Crippen LogP contribution in [-0.2, 0) is 6.54 Å². The van der Waals surface area contributed by atoms with Gasteiger partial charge in [-0.05, 0) is 30.7 Å². The first-order valence-corrected chi connectivity index (χ1v) is 7.29. The summed E-state index contributed by atoms with van der Waals surface area (Å²) in [6, 6.07) is 16.7. The first-order chi connectivity index (χ1) is 10.4. The summed E-state index contributed by atoms with van der Waals surface area (Å²) in [5, 5.41) is 0. The Hall–Kier alpha value is -2.33. The fourth-order valence-electron chi connectivity index (χ4n) is 2.55. The Morgan fingerprint density at radius 1 is 1.05 bits per heavy atom. The number of pyridine rings is 1. The van der Waals surface area contributed by atoms with Crippen LogP contribution in [0.3, 0.4) is 0 Å². The van der Waals surface area contributed by atoms with Gasteiger partial charge in [0.1, 0.15) is 11.5 Å². The maximum absolute atomic E-state index is 5.70. The molecule has 0 bridgehead atoms. The van der Waals surface area contributed by atoms with E-state index in [0.29, 0.717) is 6.54 Å². The molecule has 0 radical (unpaired) electrons. The first kappa shape index (κ1) is 13.6. The van der Waals surface area contributed by atoms with E-state index in [1.807, 2.05) is 24.5 Å². The largest absolute Gasteiger partial charge is 0.353 e. The molecule has 3 aromatic rings. The van der Waals surface area contributed by atoms with Gasteiger partial charge in [0.2, 0.25) is 0 Å². The van der Waals surface area contributed by atoms with Crippen molar-refractivity contribution in [2.24, 2.45) is 5.73 Å². The van der Waals surface area contributed by atoms with Gasteiger partial charge in [-0.2, -0.15) is 0 Å². The second-order valence-corrected chi connectivity index (χ2v) is 5.09. The summed E-state index contributed by atoms with van der Waals surface area (Å²) in [5.74, 6) is 1.15. The fourth-order valence-corrected chi connectivity index (χ4v) is 2.55. The number of nitrogens with zero attached hydrogens (tertiary/aromatic N) is 3. The fraction of sp³-hybridized carbons (Fsp3) is 0.235. The Morgan fingerprint density at radius 3 is 2.71 bits per heavy atom. The van der Waals surface area contributed by atoms with Gasteiger partial charge in [0.25, 0.3) is 0 Å². The van der Waals surface area contributed by atoms with Gasteiger partial charge in [-0.3, -0.25) is 4.40 Å². The molecule has 0 saturated carbocycles. The third-order valence-corrected chi connectivity index (χ3v) is 3.58. The van der Waals surface area contributed by atoms with E-state index in [1.165, 1.54) is 5.56 Å². The monoisotopic (exact) mass is 280 g/mol. The number of rotatable bonds is 6. The molecule has 0 spiro atoms. The van der Waals surface area contributed by atoms with Crippen LogP contribution in [0.5, 0.6) is 0 Å². The topological polar surface area (TPSA) is 46.6 Å². The molecule has 0 aliphatic rings. The summed E-state index contributed by atoms with van der Waals surface area (Å²) < 4.78 is 2.12. The van der Waals surface area contributed by atoms with Gasteiger partial charge in [0.05, 0.1) is 0 Å². The minimum atomic E-state index is 0.700. The predicted molar refractivity (Wildman–Crippen MR) is 86.4 cm³/mol. The summed E-state index contributed by atoms with van der Waals surface area (Å²) in [4.78, 5) is 6.72. The Bertz CT molecular complexity index is 690. The molecular weight excluding hydrogens is 260 g/mol. The highest BCUT2D eigenvalue weighted by Crippen LogP contribution is 2.19. The lowest BCUT2D eigenvalue weighted by atomic mass is 10.2. The molecule has 1 aromatic carbocycles. The number of nitrogens with two attached hydrogens (primary N) is 1. The molecule has 4 heteroatoms. The van der Waals surface area contributed by atoms with E-state index in [4.69, 9.17) is 5.73 Å². The van der Waals surface area contributed by atoms with Crippen molar-refractivity contribution in [1.29, 1.82) is 0 Å². The first-order valence-electron chi connectivity index (χ1n) is 7.29. The second-order valence-electron chi connectivity index (χ2n) is 5.09. The summed E-state index contributed by atoms with van der Waals surface area (Å²) in [7, 11) is 0. The Labute approximate surface area is 124 Å². The number of anilines is 1. The molecule has 0 fully saturated rings. The van der Waals surface area contributed by atoms with Gasteiger partial charge in [0.15, 0.2) is 0 Å². The van der Waals surface area contributed by atoms with Crippen LogP contribution < -0.4 is 10.6 Å². The molecule has 2 heterocycles. The van der Waals surface area contributed by atoms with E-state index in [0.717, 1.165) is 31.0 Å². The normalized spacial score (nSPS) is 10.9. The lowest BCUT2D eigenvalue weighted by molar-refractivity contribution is 0.721. The summed E-state index contributed by atoms with van der Waals surface area (Å²) in [6.45, 7) is 2.51. The van der Waals surface area contributed by atoms with E-state index >= 15 is 0 Å². The van der Waals surface area contributed by atoms with Crippen molar-refractivity contribution in [2.45, 2.75) is 13.0 Å². The lowest BCUT2D eigenvalue weighted by Gasteiger charge is -2.25. The molecule has 0 saturated heterocycles. The average molecular weight is 280 g/mol. The molecule has 2 aromatic heterocycles. The predicted octanol–water partition coefficient (Wildman–Crippen LogP) is 2.69. The summed E-state index contributed by atoms with van der Waals surface area (Å²) >= 11 is 0. The van der Waals surface area contributed by atoms with Crippen LogP contribution >= 0.6 is 0 Å². The van der Waals surface area contributed by atoms with E-state index in [9.17, 15) is 0 Å². The number of hydrogen-bond donors (Lipinski definition) is 1. The molecule has 2 N–H and O–H groups in total. The van der Waals surface area contributed by atoms with Gasteiger partial charge in [-0.15, -0.1) is 0 Å². The number of aromatic nitrogens is 2. The molecule has 0 aliphatic heterocycles. The number of hydrogen-bond acceptors (Lipinski definition) is 3. The maximum atomic E-state index is 5.70. The Morgan fingerprint density at radius 2 is 1.90 bits per heavy atom. The highest BCUT2D eigenvalue weighted by atomic mass is 15.2. The Kier molecular flexibility index (Phi) is 4.17.